The lowest BCUT2D eigenvalue weighted by Gasteiger charge is -2.42. The van der Waals surface area contributed by atoms with Gasteiger partial charge in [-0.1, -0.05) is 6.92 Å². The average molecular weight is 429 g/mol. The Labute approximate surface area is 159 Å². The molecule has 0 aliphatic heterocycles. The highest BCUT2D eigenvalue weighted by molar-refractivity contribution is 6.87. The highest BCUT2D eigenvalue weighted by Gasteiger charge is 2.55. The summed E-state index contributed by atoms with van der Waals surface area (Å²) in [5.74, 6) is 0. The number of rotatable bonds is 13. The zero-order valence-corrected chi connectivity index (χ0v) is 21.9. The van der Waals surface area contributed by atoms with Crippen LogP contribution in [0.25, 0.3) is 0 Å². The van der Waals surface area contributed by atoms with Gasteiger partial charge < -0.3 is 26.6 Å². The normalized spacial score (nSPS) is 15.5. The largest absolute Gasteiger partial charge is 0.648 e. The molecule has 25 heavy (non-hydrogen) atoms. The van der Waals surface area contributed by atoms with Crippen LogP contribution in [0, 0.1) is 0 Å². The molecule has 0 aromatic heterocycles. The average Bonchev–Trinajstić information content (AvgIpc) is 2.30. The van der Waals surface area contributed by atoms with Crippen molar-refractivity contribution in [2.75, 3.05) is 19.8 Å². The number of hydrogen-bond acceptors (Lipinski definition) is 6. The third-order valence-electron chi connectivity index (χ3n) is 2.46. The quantitative estimate of drug-likeness (QED) is 0.356. The molecule has 0 rings (SSSR count). The van der Waals surface area contributed by atoms with Crippen molar-refractivity contribution < 1.29 is 26.6 Å². The van der Waals surface area contributed by atoms with Crippen molar-refractivity contribution in [1.82, 2.24) is 0 Å². The van der Waals surface area contributed by atoms with Gasteiger partial charge in [0.05, 0.1) is 19.3 Å². The molecular formula is C15H40O6Si4. The Kier molecular flexibility index (Phi) is 10.5. The molecule has 0 spiro atoms. The van der Waals surface area contributed by atoms with Crippen LogP contribution in [0.2, 0.25) is 58.9 Å². The summed E-state index contributed by atoms with van der Waals surface area (Å²) in [7, 11) is -9.40. The van der Waals surface area contributed by atoms with Crippen molar-refractivity contribution >= 4 is 34.0 Å². The van der Waals surface area contributed by atoms with Gasteiger partial charge in [0.25, 0.3) is 0 Å². The molecule has 10 heteroatoms. The highest BCUT2D eigenvalue weighted by atomic mass is 28.5. The number of aliphatic hydroxyl groups excluding tert-OH is 1. The topological polar surface area (TPSA) is 66.4 Å². The second-order valence-electron chi connectivity index (χ2n) is 9.14. The molecule has 0 radical (unpaired) electrons. The maximum atomic E-state index is 9.77. The van der Waals surface area contributed by atoms with E-state index in [0.717, 1.165) is 6.42 Å². The predicted molar refractivity (Wildman–Crippen MR) is 112 cm³/mol. The molecule has 0 saturated carbocycles. The van der Waals surface area contributed by atoms with Crippen LogP contribution in [0.1, 0.15) is 13.3 Å². The summed E-state index contributed by atoms with van der Waals surface area (Å²) < 4.78 is 31.1. The summed E-state index contributed by atoms with van der Waals surface area (Å²) in [6, 6.07) is 0. The molecule has 0 fully saturated rings. The van der Waals surface area contributed by atoms with Crippen molar-refractivity contribution in [2.45, 2.75) is 78.4 Å². The Bertz CT molecular complexity index is 335. The molecule has 0 aliphatic carbocycles. The third kappa shape index (κ3) is 13.4. The highest BCUT2D eigenvalue weighted by Crippen LogP contribution is 2.27. The van der Waals surface area contributed by atoms with Gasteiger partial charge in [0.15, 0.2) is 25.0 Å². The summed E-state index contributed by atoms with van der Waals surface area (Å²) in [5.41, 5.74) is 0. The SMILES string of the molecule is CCCOCC(CO)O[Si](O[Si](C)(C)C)(O[Si](C)(C)C)O[Si](C)(C)C. The van der Waals surface area contributed by atoms with Crippen molar-refractivity contribution in [3.8, 4) is 0 Å². The fourth-order valence-electron chi connectivity index (χ4n) is 1.95. The number of ether oxygens (including phenoxy) is 1. The van der Waals surface area contributed by atoms with Gasteiger partial charge in [-0.15, -0.1) is 0 Å². The Morgan fingerprint density at radius 2 is 1.16 bits per heavy atom. The zero-order chi connectivity index (χ0) is 19.9. The Morgan fingerprint density at radius 3 is 1.44 bits per heavy atom. The van der Waals surface area contributed by atoms with Gasteiger partial charge in [-0.05, 0) is 65.3 Å². The van der Waals surface area contributed by atoms with Gasteiger partial charge in [-0.3, -0.25) is 0 Å². The van der Waals surface area contributed by atoms with Crippen molar-refractivity contribution in [3.63, 3.8) is 0 Å². The molecule has 0 aromatic carbocycles. The van der Waals surface area contributed by atoms with Crippen LogP contribution in [-0.4, -0.2) is 65.0 Å². The lowest BCUT2D eigenvalue weighted by atomic mass is 10.4. The fourth-order valence-corrected chi connectivity index (χ4v) is 13.7. The second-order valence-corrected chi connectivity index (χ2v) is 25.5. The van der Waals surface area contributed by atoms with Crippen molar-refractivity contribution in [1.29, 1.82) is 0 Å². The van der Waals surface area contributed by atoms with Crippen LogP contribution in [0.5, 0.6) is 0 Å². The van der Waals surface area contributed by atoms with Gasteiger partial charge in [0.2, 0.25) is 0 Å². The lowest BCUT2D eigenvalue weighted by molar-refractivity contribution is -0.0328. The van der Waals surface area contributed by atoms with Crippen LogP contribution in [-0.2, 0) is 21.5 Å². The van der Waals surface area contributed by atoms with E-state index in [2.05, 4.69) is 58.9 Å². The Hall–Kier alpha value is 0.628. The standard InChI is InChI=1S/C15H40O6Si4/c1-11-12-17-14-15(13-16)18-25(19-22(2,3)4,20-23(5,6)7)21-24(8,9)10/h15-16H,11-14H2,1-10H3. The van der Waals surface area contributed by atoms with E-state index in [1.54, 1.807) is 0 Å². The van der Waals surface area contributed by atoms with Crippen LogP contribution >= 0.6 is 0 Å². The smallest absolute Gasteiger partial charge is 0.395 e. The van der Waals surface area contributed by atoms with E-state index in [0.29, 0.717) is 13.2 Å². The van der Waals surface area contributed by atoms with Crippen LogP contribution in [0.3, 0.4) is 0 Å². The second kappa shape index (κ2) is 10.2. The van der Waals surface area contributed by atoms with Crippen molar-refractivity contribution in [2.24, 2.45) is 0 Å². The van der Waals surface area contributed by atoms with Crippen LogP contribution in [0.4, 0.5) is 0 Å². The van der Waals surface area contributed by atoms with Crippen LogP contribution < -0.4 is 0 Å². The van der Waals surface area contributed by atoms with E-state index in [4.69, 9.17) is 21.5 Å². The summed E-state index contributed by atoms with van der Waals surface area (Å²) >= 11 is 0. The predicted octanol–water partition coefficient (Wildman–Crippen LogP) is 3.78. The van der Waals surface area contributed by atoms with Gasteiger partial charge in [0, 0.05) is 6.61 Å². The maximum absolute atomic E-state index is 9.77. The molecule has 1 unspecified atom stereocenters. The third-order valence-corrected chi connectivity index (χ3v) is 13.4. The van der Waals surface area contributed by atoms with E-state index in [1.807, 2.05) is 6.92 Å². The first-order chi connectivity index (χ1) is 11.1. The fraction of sp³-hybridized carbons (Fsp3) is 1.00. The first-order valence-electron chi connectivity index (χ1n) is 9.08. The minimum absolute atomic E-state index is 0.155. The first-order valence-corrected chi connectivity index (χ1v) is 20.9. The van der Waals surface area contributed by atoms with E-state index < -0.39 is 40.1 Å². The maximum Gasteiger partial charge on any atom is 0.648 e. The molecule has 0 heterocycles. The molecule has 1 N–H and O–H groups in total. The first kappa shape index (κ1) is 25.6. The summed E-state index contributed by atoms with van der Waals surface area (Å²) in [6.07, 6.45) is 0.408. The van der Waals surface area contributed by atoms with Gasteiger partial charge in [0.1, 0.15) is 0 Å². The molecular weight excluding hydrogens is 389 g/mol. The minimum atomic E-state index is -3.40. The monoisotopic (exact) mass is 428 g/mol. The Balaban J connectivity index is 5.61. The minimum Gasteiger partial charge on any atom is -0.395 e. The number of hydrogen-bond donors (Lipinski definition) is 1. The molecule has 0 aromatic rings. The summed E-state index contributed by atoms with van der Waals surface area (Å²) in [5, 5.41) is 9.77. The van der Waals surface area contributed by atoms with Gasteiger partial charge in [-0.25, -0.2) is 0 Å². The van der Waals surface area contributed by atoms with Crippen LogP contribution in [0.15, 0.2) is 0 Å². The van der Waals surface area contributed by atoms with Gasteiger partial charge in [-0.2, -0.15) is 0 Å². The molecule has 0 bridgehead atoms. The van der Waals surface area contributed by atoms with E-state index >= 15 is 0 Å². The molecule has 6 nitrogen and oxygen atoms in total. The molecule has 0 saturated heterocycles. The van der Waals surface area contributed by atoms with Crippen molar-refractivity contribution in [3.05, 3.63) is 0 Å². The van der Waals surface area contributed by atoms with E-state index in [-0.39, 0.29) is 6.61 Å². The summed E-state index contributed by atoms with van der Waals surface area (Å²) in [4.78, 5) is 0. The molecule has 1 atom stereocenters. The summed E-state index contributed by atoms with van der Waals surface area (Å²) in [6.45, 7) is 21.7. The van der Waals surface area contributed by atoms with Gasteiger partial charge >= 0.3 is 9.05 Å². The molecule has 0 aliphatic rings. The molecule has 152 valence electrons. The Morgan fingerprint density at radius 1 is 0.760 bits per heavy atom. The zero-order valence-electron chi connectivity index (χ0n) is 17.9. The van der Waals surface area contributed by atoms with E-state index in [1.165, 1.54) is 0 Å². The lowest BCUT2D eigenvalue weighted by Crippen LogP contribution is -2.64. The molecule has 0 amide bonds. The number of aliphatic hydroxyl groups is 1. The van der Waals surface area contributed by atoms with E-state index in [9.17, 15) is 5.11 Å².